The molecular formula is C13H20ClNS. The van der Waals surface area contributed by atoms with E-state index < -0.39 is 0 Å². The molecule has 0 atom stereocenters. The number of alkyl halides is 1. The molecule has 0 aliphatic heterocycles. The van der Waals surface area contributed by atoms with Crippen LogP contribution < -0.4 is 0 Å². The van der Waals surface area contributed by atoms with Gasteiger partial charge in [-0.1, -0.05) is 18.2 Å². The van der Waals surface area contributed by atoms with E-state index in [-0.39, 0.29) is 5.54 Å². The molecule has 90 valence electrons. The summed E-state index contributed by atoms with van der Waals surface area (Å²) < 4.78 is 0. The van der Waals surface area contributed by atoms with E-state index in [9.17, 15) is 0 Å². The maximum atomic E-state index is 5.94. The lowest BCUT2D eigenvalue weighted by atomic mass is 10.1. The molecule has 3 heteroatoms. The molecule has 0 heterocycles. The fourth-order valence-electron chi connectivity index (χ4n) is 1.22. The fourth-order valence-corrected chi connectivity index (χ4v) is 2.38. The van der Waals surface area contributed by atoms with E-state index in [0.717, 1.165) is 12.3 Å². The Morgan fingerprint density at radius 2 is 1.88 bits per heavy atom. The van der Waals surface area contributed by atoms with Crippen molar-refractivity contribution >= 4 is 23.4 Å². The Bertz CT molecular complexity index is 300. The van der Waals surface area contributed by atoms with E-state index in [2.05, 4.69) is 50.1 Å². The Balaban J connectivity index is 2.31. The van der Waals surface area contributed by atoms with Crippen molar-refractivity contribution in [2.24, 2.45) is 0 Å². The summed E-state index contributed by atoms with van der Waals surface area (Å²) in [6.07, 6.45) is 0. The van der Waals surface area contributed by atoms with Gasteiger partial charge in [0, 0.05) is 28.6 Å². The van der Waals surface area contributed by atoms with Crippen LogP contribution in [0.15, 0.2) is 35.2 Å². The van der Waals surface area contributed by atoms with Gasteiger partial charge in [0.05, 0.1) is 0 Å². The van der Waals surface area contributed by atoms with Gasteiger partial charge < -0.3 is 0 Å². The third-order valence-corrected chi connectivity index (χ3v) is 4.45. The lowest BCUT2D eigenvalue weighted by Gasteiger charge is -2.33. The predicted molar refractivity (Wildman–Crippen MR) is 74.6 cm³/mol. The molecule has 1 rings (SSSR count). The minimum Gasteiger partial charge on any atom is -0.299 e. The highest BCUT2D eigenvalue weighted by atomic mass is 35.5. The molecule has 0 aliphatic carbocycles. The van der Waals surface area contributed by atoms with E-state index in [1.54, 1.807) is 0 Å². The maximum Gasteiger partial charge on any atom is 0.0402 e. The number of thioether (sulfide) groups is 1. The highest BCUT2D eigenvalue weighted by Crippen LogP contribution is 2.19. The monoisotopic (exact) mass is 257 g/mol. The summed E-state index contributed by atoms with van der Waals surface area (Å²) in [6.45, 7) is 5.40. The first-order chi connectivity index (χ1) is 7.56. The van der Waals surface area contributed by atoms with Gasteiger partial charge in [-0.3, -0.25) is 4.90 Å². The summed E-state index contributed by atoms with van der Waals surface area (Å²) >= 11 is 7.83. The standard InChI is InChI=1S/C13H20ClNS/c1-13(2,11-14)15(3)9-10-16-12-7-5-4-6-8-12/h4-8H,9-11H2,1-3H3. The highest BCUT2D eigenvalue weighted by Gasteiger charge is 2.21. The molecule has 0 saturated heterocycles. The van der Waals surface area contributed by atoms with Gasteiger partial charge in [-0.15, -0.1) is 23.4 Å². The molecule has 0 aliphatic rings. The van der Waals surface area contributed by atoms with Crippen LogP contribution >= 0.6 is 23.4 Å². The van der Waals surface area contributed by atoms with Gasteiger partial charge in [0.2, 0.25) is 0 Å². The lowest BCUT2D eigenvalue weighted by molar-refractivity contribution is 0.191. The number of nitrogens with zero attached hydrogens (tertiary/aromatic N) is 1. The molecule has 0 bridgehead atoms. The Morgan fingerprint density at radius 3 is 2.44 bits per heavy atom. The van der Waals surface area contributed by atoms with Crippen LogP contribution in [0.1, 0.15) is 13.8 Å². The minimum atomic E-state index is 0.0821. The van der Waals surface area contributed by atoms with Crippen molar-refractivity contribution in [2.45, 2.75) is 24.3 Å². The highest BCUT2D eigenvalue weighted by molar-refractivity contribution is 7.99. The van der Waals surface area contributed by atoms with E-state index in [4.69, 9.17) is 11.6 Å². The third-order valence-electron chi connectivity index (χ3n) is 2.80. The fraction of sp³-hybridized carbons (Fsp3) is 0.538. The average Bonchev–Trinajstić information content (AvgIpc) is 2.30. The van der Waals surface area contributed by atoms with Crippen LogP contribution in [0.3, 0.4) is 0 Å². The molecule has 0 amide bonds. The van der Waals surface area contributed by atoms with Crippen LogP contribution in [0, 0.1) is 0 Å². The van der Waals surface area contributed by atoms with Gasteiger partial charge in [-0.05, 0) is 33.0 Å². The second kappa shape index (κ2) is 6.53. The number of rotatable bonds is 6. The summed E-state index contributed by atoms with van der Waals surface area (Å²) in [5, 5.41) is 0. The Morgan fingerprint density at radius 1 is 1.25 bits per heavy atom. The van der Waals surface area contributed by atoms with Crippen molar-refractivity contribution in [2.75, 3.05) is 25.2 Å². The number of hydrogen-bond acceptors (Lipinski definition) is 2. The zero-order chi connectivity index (χ0) is 12.0. The zero-order valence-electron chi connectivity index (χ0n) is 10.2. The van der Waals surface area contributed by atoms with Crippen molar-refractivity contribution in [3.63, 3.8) is 0 Å². The van der Waals surface area contributed by atoms with Gasteiger partial charge >= 0.3 is 0 Å². The number of hydrogen-bond donors (Lipinski definition) is 0. The molecule has 0 radical (unpaired) electrons. The summed E-state index contributed by atoms with van der Waals surface area (Å²) in [5.74, 6) is 1.76. The molecule has 1 aromatic rings. The zero-order valence-corrected chi connectivity index (χ0v) is 11.8. The maximum absolute atomic E-state index is 5.94. The predicted octanol–water partition coefficient (Wildman–Crippen LogP) is 3.73. The first-order valence-corrected chi connectivity index (χ1v) is 7.03. The normalized spacial score (nSPS) is 12.1. The first-order valence-electron chi connectivity index (χ1n) is 5.51. The second-order valence-corrected chi connectivity index (χ2v) is 5.96. The Hall–Kier alpha value is -0.180. The molecule has 0 N–H and O–H groups in total. The van der Waals surface area contributed by atoms with E-state index in [0.29, 0.717) is 5.88 Å². The smallest absolute Gasteiger partial charge is 0.0402 e. The molecule has 1 nitrogen and oxygen atoms in total. The quantitative estimate of drug-likeness (QED) is 0.564. The minimum absolute atomic E-state index is 0.0821. The summed E-state index contributed by atoms with van der Waals surface area (Å²) in [5.41, 5.74) is 0.0821. The topological polar surface area (TPSA) is 3.24 Å². The lowest BCUT2D eigenvalue weighted by Crippen LogP contribution is -2.43. The summed E-state index contributed by atoms with van der Waals surface area (Å²) in [4.78, 5) is 3.65. The van der Waals surface area contributed by atoms with E-state index in [1.165, 1.54) is 4.90 Å². The van der Waals surface area contributed by atoms with E-state index in [1.807, 2.05) is 17.8 Å². The largest absolute Gasteiger partial charge is 0.299 e. The van der Waals surface area contributed by atoms with Gasteiger partial charge in [-0.25, -0.2) is 0 Å². The van der Waals surface area contributed by atoms with Gasteiger partial charge in [-0.2, -0.15) is 0 Å². The van der Waals surface area contributed by atoms with Crippen LogP contribution in [0.5, 0.6) is 0 Å². The van der Waals surface area contributed by atoms with Crippen molar-refractivity contribution < 1.29 is 0 Å². The molecule has 0 spiro atoms. The van der Waals surface area contributed by atoms with Crippen molar-refractivity contribution in [1.82, 2.24) is 4.90 Å². The van der Waals surface area contributed by atoms with Crippen molar-refractivity contribution in [1.29, 1.82) is 0 Å². The molecule has 0 saturated carbocycles. The van der Waals surface area contributed by atoms with Gasteiger partial charge in [0.1, 0.15) is 0 Å². The van der Waals surface area contributed by atoms with Gasteiger partial charge in [0.25, 0.3) is 0 Å². The van der Waals surface area contributed by atoms with Crippen LogP contribution in [-0.4, -0.2) is 35.7 Å². The molecular weight excluding hydrogens is 238 g/mol. The summed E-state index contributed by atoms with van der Waals surface area (Å²) in [7, 11) is 2.13. The SMILES string of the molecule is CN(CCSc1ccccc1)C(C)(C)CCl. The molecule has 0 fully saturated rings. The van der Waals surface area contributed by atoms with Crippen LogP contribution in [0.4, 0.5) is 0 Å². The average molecular weight is 258 g/mol. The molecule has 0 unspecified atom stereocenters. The third kappa shape index (κ3) is 4.36. The Labute approximate surface area is 108 Å². The van der Waals surface area contributed by atoms with Crippen molar-refractivity contribution in [3.8, 4) is 0 Å². The number of halogens is 1. The molecule has 0 aromatic heterocycles. The Kier molecular flexibility index (Phi) is 5.67. The van der Waals surface area contributed by atoms with Crippen molar-refractivity contribution in [3.05, 3.63) is 30.3 Å². The van der Waals surface area contributed by atoms with E-state index >= 15 is 0 Å². The first kappa shape index (κ1) is 13.9. The summed E-state index contributed by atoms with van der Waals surface area (Å²) in [6, 6.07) is 10.5. The number of benzene rings is 1. The van der Waals surface area contributed by atoms with Crippen LogP contribution in [-0.2, 0) is 0 Å². The second-order valence-electron chi connectivity index (χ2n) is 4.53. The van der Waals surface area contributed by atoms with Crippen LogP contribution in [0.25, 0.3) is 0 Å². The molecule has 16 heavy (non-hydrogen) atoms. The van der Waals surface area contributed by atoms with Gasteiger partial charge in [0.15, 0.2) is 0 Å². The van der Waals surface area contributed by atoms with Crippen LogP contribution in [0.2, 0.25) is 0 Å². The molecule has 1 aromatic carbocycles.